The SMILES string of the molecule is COc1cc(C=CC(=O)Nc2cccc(C(N)=O)c2)cc(Cl)c1OCC(C)C. The summed E-state index contributed by atoms with van der Waals surface area (Å²) in [5.74, 6) is 0.382. The molecule has 0 fully saturated rings. The summed E-state index contributed by atoms with van der Waals surface area (Å²) in [6.45, 7) is 4.59. The lowest BCUT2D eigenvalue weighted by atomic mass is 10.1. The van der Waals surface area contributed by atoms with Gasteiger partial charge in [0.2, 0.25) is 11.8 Å². The predicted octanol–water partition coefficient (Wildman–Crippen LogP) is 4.13. The molecule has 6 nitrogen and oxygen atoms in total. The Morgan fingerprint density at radius 1 is 1.25 bits per heavy atom. The van der Waals surface area contributed by atoms with Gasteiger partial charge in [0.1, 0.15) is 0 Å². The highest BCUT2D eigenvalue weighted by Gasteiger charge is 2.12. The molecule has 0 saturated carbocycles. The number of halogens is 1. The Bertz CT molecular complexity index is 894. The van der Waals surface area contributed by atoms with Crippen LogP contribution in [0.25, 0.3) is 6.08 Å². The van der Waals surface area contributed by atoms with E-state index in [1.807, 2.05) is 13.8 Å². The summed E-state index contributed by atoms with van der Waals surface area (Å²) in [4.78, 5) is 23.4. The highest BCUT2D eigenvalue weighted by Crippen LogP contribution is 2.37. The number of carbonyl (C=O) groups excluding carboxylic acids is 2. The van der Waals surface area contributed by atoms with Crippen molar-refractivity contribution in [2.75, 3.05) is 19.0 Å². The molecular formula is C21H23ClN2O4. The maximum absolute atomic E-state index is 12.1. The molecule has 0 spiro atoms. The van der Waals surface area contributed by atoms with Gasteiger partial charge in [0.15, 0.2) is 11.5 Å². The molecule has 0 atom stereocenters. The second-order valence-corrected chi connectivity index (χ2v) is 6.91. The summed E-state index contributed by atoms with van der Waals surface area (Å²) in [7, 11) is 1.53. The zero-order valence-electron chi connectivity index (χ0n) is 16.0. The van der Waals surface area contributed by atoms with E-state index in [0.29, 0.717) is 45.9 Å². The van der Waals surface area contributed by atoms with Crippen LogP contribution in [0.5, 0.6) is 11.5 Å². The molecule has 0 saturated heterocycles. The first-order chi connectivity index (χ1) is 13.3. The number of rotatable bonds is 8. The molecule has 2 rings (SSSR count). The number of nitrogens with two attached hydrogens (primary N) is 1. The smallest absolute Gasteiger partial charge is 0.248 e. The number of amides is 2. The maximum atomic E-state index is 12.1. The fourth-order valence-electron chi connectivity index (χ4n) is 2.33. The number of anilines is 1. The topological polar surface area (TPSA) is 90.6 Å². The van der Waals surface area contributed by atoms with Crippen LogP contribution in [0.3, 0.4) is 0 Å². The molecule has 0 aromatic heterocycles. The van der Waals surface area contributed by atoms with Gasteiger partial charge in [0.25, 0.3) is 0 Å². The fourth-order valence-corrected chi connectivity index (χ4v) is 2.61. The van der Waals surface area contributed by atoms with Gasteiger partial charge in [-0.3, -0.25) is 9.59 Å². The zero-order chi connectivity index (χ0) is 20.7. The number of benzene rings is 2. The van der Waals surface area contributed by atoms with Crippen LogP contribution < -0.4 is 20.5 Å². The van der Waals surface area contributed by atoms with Crippen molar-refractivity contribution in [2.24, 2.45) is 11.7 Å². The molecule has 2 amide bonds. The summed E-state index contributed by atoms with van der Waals surface area (Å²) in [6, 6.07) is 9.81. The van der Waals surface area contributed by atoms with Crippen LogP contribution in [-0.2, 0) is 4.79 Å². The van der Waals surface area contributed by atoms with E-state index in [2.05, 4.69) is 5.32 Å². The molecule has 28 heavy (non-hydrogen) atoms. The third kappa shape index (κ3) is 6.03. The molecule has 0 bridgehead atoms. The molecule has 0 aliphatic carbocycles. The van der Waals surface area contributed by atoms with Gasteiger partial charge >= 0.3 is 0 Å². The Morgan fingerprint density at radius 2 is 2.00 bits per heavy atom. The van der Waals surface area contributed by atoms with E-state index in [9.17, 15) is 9.59 Å². The molecule has 0 aliphatic rings. The minimum atomic E-state index is -0.562. The van der Waals surface area contributed by atoms with Crippen molar-refractivity contribution in [3.63, 3.8) is 0 Å². The van der Waals surface area contributed by atoms with Crippen LogP contribution in [0.1, 0.15) is 29.8 Å². The number of hydrogen-bond acceptors (Lipinski definition) is 4. The maximum Gasteiger partial charge on any atom is 0.248 e. The van der Waals surface area contributed by atoms with E-state index in [1.165, 1.54) is 19.3 Å². The Hall–Kier alpha value is -2.99. The predicted molar refractivity (Wildman–Crippen MR) is 111 cm³/mol. The number of hydrogen-bond donors (Lipinski definition) is 2. The third-order valence-corrected chi connectivity index (χ3v) is 3.94. The summed E-state index contributed by atoms with van der Waals surface area (Å²) < 4.78 is 11.1. The van der Waals surface area contributed by atoms with Crippen molar-refractivity contribution in [1.29, 1.82) is 0 Å². The third-order valence-electron chi connectivity index (χ3n) is 3.65. The van der Waals surface area contributed by atoms with Gasteiger partial charge < -0.3 is 20.5 Å². The number of ether oxygens (including phenoxy) is 2. The van der Waals surface area contributed by atoms with Gasteiger partial charge in [-0.1, -0.05) is 31.5 Å². The van der Waals surface area contributed by atoms with Crippen molar-refractivity contribution >= 4 is 35.2 Å². The second kappa shape index (κ2) is 9.80. The van der Waals surface area contributed by atoms with Gasteiger partial charge in [0.05, 0.1) is 18.7 Å². The van der Waals surface area contributed by atoms with Gasteiger partial charge in [-0.05, 0) is 47.9 Å². The lowest BCUT2D eigenvalue weighted by Gasteiger charge is -2.14. The molecule has 7 heteroatoms. The lowest BCUT2D eigenvalue weighted by Crippen LogP contribution is -2.12. The van der Waals surface area contributed by atoms with E-state index in [1.54, 1.807) is 36.4 Å². The van der Waals surface area contributed by atoms with Crippen molar-refractivity contribution in [3.8, 4) is 11.5 Å². The van der Waals surface area contributed by atoms with Crippen molar-refractivity contribution in [2.45, 2.75) is 13.8 Å². The highest BCUT2D eigenvalue weighted by molar-refractivity contribution is 6.32. The van der Waals surface area contributed by atoms with E-state index in [-0.39, 0.29) is 5.91 Å². The largest absolute Gasteiger partial charge is 0.493 e. The molecule has 2 aromatic carbocycles. The first-order valence-corrected chi connectivity index (χ1v) is 9.07. The minimum absolute atomic E-state index is 0.315. The molecule has 2 aromatic rings. The molecular weight excluding hydrogens is 380 g/mol. The number of primary amides is 1. The Labute approximate surface area is 169 Å². The monoisotopic (exact) mass is 402 g/mol. The van der Waals surface area contributed by atoms with Crippen LogP contribution in [0, 0.1) is 5.92 Å². The average molecular weight is 403 g/mol. The molecule has 0 radical (unpaired) electrons. The molecule has 148 valence electrons. The van der Waals surface area contributed by atoms with Crippen LogP contribution in [0.15, 0.2) is 42.5 Å². The summed E-state index contributed by atoms with van der Waals surface area (Å²) in [5, 5.41) is 3.07. The van der Waals surface area contributed by atoms with Crippen LogP contribution in [-0.4, -0.2) is 25.5 Å². The van der Waals surface area contributed by atoms with Gasteiger partial charge in [-0.2, -0.15) is 0 Å². The van der Waals surface area contributed by atoms with Crippen molar-refractivity contribution in [1.82, 2.24) is 0 Å². The van der Waals surface area contributed by atoms with Gasteiger partial charge in [-0.15, -0.1) is 0 Å². The standard InChI is InChI=1S/C21H23ClN2O4/c1-13(2)12-28-20-17(22)9-14(10-18(20)27-3)7-8-19(25)24-16-6-4-5-15(11-16)21(23)26/h4-11,13H,12H2,1-3H3,(H2,23,26)(H,24,25). The Kier molecular flexibility index (Phi) is 7.46. The zero-order valence-corrected chi connectivity index (χ0v) is 16.7. The van der Waals surface area contributed by atoms with E-state index < -0.39 is 5.91 Å². The van der Waals surface area contributed by atoms with Crippen LogP contribution >= 0.6 is 11.6 Å². The summed E-state index contributed by atoms with van der Waals surface area (Å²) in [6.07, 6.45) is 2.96. The van der Waals surface area contributed by atoms with Crippen molar-refractivity contribution < 1.29 is 19.1 Å². The Balaban J connectivity index is 2.12. The minimum Gasteiger partial charge on any atom is -0.493 e. The number of carbonyl (C=O) groups is 2. The highest BCUT2D eigenvalue weighted by atomic mass is 35.5. The second-order valence-electron chi connectivity index (χ2n) is 6.51. The van der Waals surface area contributed by atoms with Crippen LogP contribution in [0.4, 0.5) is 5.69 Å². The number of nitrogens with one attached hydrogen (secondary N) is 1. The van der Waals surface area contributed by atoms with E-state index in [0.717, 1.165) is 0 Å². The molecule has 0 unspecified atom stereocenters. The lowest BCUT2D eigenvalue weighted by molar-refractivity contribution is -0.111. The van der Waals surface area contributed by atoms with E-state index >= 15 is 0 Å². The first-order valence-electron chi connectivity index (χ1n) is 8.69. The summed E-state index contributed by atoms with van der Waals surface area (Å²) in [5.41, 5.74) is 6.71. The quantitative estimate of drug-likeness (QED) is 0.649. The first kappa shape index (κ1) is 21.3. The molecule has 0 aliphatic heterocycles. The molecule has 3 N–H and O–H groups in total. The van der Waals surface area contributed by atoms with Crippen LogP contribution in [0.2, 0.25) is 5.02 Å². The normalized spacial score (nSPS) is 10.9. The fraction of sp³-hybridized carbons (Fsp3) is 0.238. The Morgan fingerprint density at radius 3 is 2.64 bits per heavy atom. The van der Waals surface area contributed by atoms with Gasteiger partial charge in [0, 0.05) is 17.3 Å². The van der Waals surface area contributed by atoms with Gasteiger partial charge in [-0.25, -0.2) is 0 Å². The molecule has 0 heterocycles. The van der Waals surface area contributed by atoms with E-state index in [4.69, 9.17) is 26.8 Å². The summed E-state index contributed by atoms with van der Waals surface area (Å²) >= 11 is 6.31. The average Bonchev–Trinajstić information content (AvgIpc) is 2.65. The number of methoxy groups -OCH3 is 1. The van der Waals surface area contributed by atoms with Crippen molar-refractivity contribution in [3.05, 3.63) is 58.6 Å².